The molecule has 1 aliphatic heterocycles. The Morgan fingerprint density at radius 3 is 2.50 bits per heavy atom. The Bertz CT molecular complexity index is 638. The van der Waals surface area contributed by atoms with Crippen LogP contribution in [0.5, 0.6) is 0 Å². The van der Waals surface area contributed by atoms with Gasteiger partial charge in [0.15, 0.2) is 0 Å². The quantitative estimate of drug-likeness (QED) is 0.566. The van der Waals surface area contributed by atoms with Gasteiger partial charge in [0.05, 0.1) is 6.10 Å². The van der Waals surface area contributed by atoms with Crippen molar-refractivity contribution in [2.24, 2.45) is 0 Å². The largest absolute Gasteiger partial charge is 0.463 e. The van der Waals surface area contributed by atoms with E-state index in [9.17, 15) is 9.59 Å². The second kappa shape index (κ2) is 8.80. The third kappa shape index (κ3) is 5.62. The van der Waals surface area contributed by atoms with E-state index in [1.807, 2.05) is 42.5 Å². The van der Waals surface area contributed by atoms with Gasteiger partial charge in [-0.2, -0.15) is 0 Å². The van der Waals surface area contributed by atoms with Crippen LogP contribution in [0.4, 0.5) is 0 Å². The minimum absolute atomic E-state index is 0.0188. The Labute approximate surface area is 149 Å². The summed E-state index contributed by atoms with van der Waals surface area (Å²) in [5.74, 6) is -0.826. The van der Waals surface area contributed by atoms with Crippen LogP contribution in [0.25, 0.3) is 4.48 Å². The Hall–Kier alpha value is -1.92. The number of halogens is 1. The molecule has 6 heteroatoms. The second-order valence-corrected chi connectivity index (χ2v) is 6.14. The van der Waals surface area contributed by atoms with Crippen LogP contribution < -0.4 is 0 Å². The maximum atomic E-state index is 11.2. The topological polar surface area (TPSA) is 61.8 Å². The standard InChI is InChI=1S/C18H19BrO5/c1-12(20)22-11-18-17(23-13(2)21)9-8-15(24-18)10-16(19)14-6-4-3-5-7-14/h3-10,15,17-18H,11H2,1-2H3/b16-10+/t15?,17-,18+/m0/s1. The first-order valence-corrected chi connectivity index (χ1v) is 8.32. The van der Waals surface area contributed by atoms with Gasteiger partial charge < -0.3 is 14.2 Å². The van der Waals surface area contributed by atoms with E-state index >= 15 is 0 Å². The number of carbonyl (C=O) groups is 2. The molecule has 0 saturated carbocycles. The Morgan fingerprint density at radius 2 is 1.88 bits per heavy atom. The van der Waals surface area contributed by atoms with Crippen molar-refractivity contribution in [1.82, 2.24) is 0 Å². The van der Waals surface area contributed by atoms with Crippen molar-refractivity contribution >= 4 is 32.4 Å². The van der Waals surface area contributed by atoms with Gasteiger partial charge in [0.25, 0.3) is 0 Å². The lowest BCUT2D eigenvalue weighted by atomic mass is 10.1. The molecule has 0 N–H and O–H groups in total. The fraction of sp³-hybridized carbons (Fsp3) is 0.333. The van der Waals surface area contributed by atoms with E-state index in [-0.39, 0.29) is 12.7 Å². The van der Waals surface area contributed by atoms with Gasteiger partial charge in [-0.25, -0.2) is 0 Å². The number of rotatable bonds is 5. The lowest BCUT2D eigenvalue weighted by Gasteiger charge is -2.30. The van der Waals surface area contributed by atoms with Crippen molar-refractivity contribution in [3.8, 4) is 0 Å². The molecule has 24 heavy (non-hydrogen) atoms. The smallest absolute Gasteiger partial charge is 0.303 e. The summed E-state index contributed by atoms with van der Waals surface area (Å²) in [6, 6.07) is 9.79. The second-order valence-electron chi connectivity index (χ2n) is 5.28. The highest BCUT2D eigenvalue weighted by Crippen LogP contribution is 2.25. The van der Waals surface area contributed by atoms with Gasteiger partial charge in [-0.05, 0) is 17.7 Å². The zero-order chi connectivity index (χ0) is 17.5. The first kappa shape index (κ1) is 18.4. The highest BCUT2D eigenvalue weighted by Gasteiger charge is 2.30. The van der Waals surface area contributed by atoms with E-state index in [0.717, 1.165) is 10.0 Å². The zero-order valence-corrected chi connectivity index (χ0v) is 15.1. The minimum atomic E-state index is -0.581. The summed E-state index contributed by atoms with van der Waals surface area (Å²) in [4.78, 5) is 22.2. The summed E-state index contributed by atoms with van der Waals surface area (Å²) in [6.07, 6.45) is 4.00. The van der Waals surface area contributed by atoms with Crippen LogP contribution in [-0.2, 0) is 23.8 Å². The monoisotopic (exact) mass is 394 g/mol. The van der Waals surface area contributed by atoms with Crippen molar-refractivity contribution in [3.05, 3.63) is 54.1 Å². The van der Waals surface area contributed by atoms with Crippen LogP contribution in [0.2, 0.25) is 0 Å². The van der Waals surface area contributed by atoms with Crippen molar-refractivity contribution in [2.75, 3.05) is 6.61 Å². The maximum Gasteiger partial charge on any atom is 0.303 e. The fourth-order valence-corrected chi connectivity index (χ4v) is 2.77. The predicted octanol–water partition coefficient (Wildman–Crippen LogP) is 3.24. The van der Waals surface area contributed by atoms with Gasteiger partial charge in [0.1, 0.15) is 18.8 Å². The molecule has 0 saturated heterocycles. The van der Waals surface area contributed by atoms with Gasteiger partial charge in [0, 0.05) is 18.3 Å². The lowest BCUT2D eigenvalue weighted by Crippen LogP contribution is -2.41. The van der Waals surface area contributed by atoms with Gasteiger partial charge in [0.2, 0.25) is 0 Å². The molecule has 1 aromatic rings. The van der Waals surface area contributed by atoms with E-state index in [2.05, 4.69) is 15.9 Å². The molecule has 1 heterocycles. The summed E-state index contributed by atoms with van der Waals surface area (Å²) >= 11 is 3.54. The van der Waals surface area contributed by atoms with Crippen LogP contribution in [-0.4, -0.2) is 36.9 Å². The number of carbonyl (C=O) groups excluding carboxylic acids is 2. The SMILES string of the molecule is CC(=O)OC[C@H]1OC(/C=C(/Br)c2ccccc2)C=C[C@@H]1OC(C)=O. The van der Waals surface area contributed by atoms with Crippen LogP contribution in [0.15, 0.2) is 48.6 Å². The normalized spacial score (nSPS) is 23.6. The van der Waals surface area contributed by atoms with E-state index in [1.54, 1.807) is 6.08 Å². The molecule has 1 unspecified atom stereocenters. The first-order valence-electron chi connectivity index (χ1n) is 7.53. The molecule has 0 radical (unpaired) electrons. The van der Waals surface area contributed by atoms with Gasteiger partial charge in [-0.15, -0.1) is 0 Å². The number of ether oxygens (including phenoxy) is 3. The minimum Gasteiger partial charge on any atom is -0.463 e. The molecule has 0 fully saturated rings. The molecular formula is C18H19BrO5. The third-order valence-corrected chi connectivity index (χ3v) is 4.02. The average Bonchev–Trinajstić information content (AvgIpc) is 2.55. The average molecular weight is 395 g/mol. The van der Waals surface area contributed by atoms with Gasteiger partial charge in [-0.3, -0.25) is 9.59 Å². The highest BCUT2D eigenvalue weighted by molar-refractivity contribution is 9.15. The fourth-order valence-electron chi connectivity index (χ4n) is 2.24. The van der Waals surface area contributed by atoms with Crippen molar-refractivity contribution in [1.29, 1.82) is 0 Å². The van der Waals surface area contributed by atoms with E-state index in [0.29, 0.717) is 0 Å². The van der Waals surface area contributed by atoms with E-state index < -0.39 is 24.1 Å². The molecule has 1 aromatic carbocycles. The number of hydrogen-bond acceptors (Lipinski definition) is 5. The number of esters is 2. The summed E-state index contributed by atoms with van der Waals surface area (Å²) in [5, 5.41) is 0. The summed E-state index contributed by atoms with van der Waals surface area (Å²) in [5.41, 5.74) is 1.02. The van der Waals surface area contributed by atoms with Crippen molar-refractivity contribution in [3.63, 3.8) is 0 Å². The number of hydrogen-bond donors (Lipinski definition) is 0. The van der Waals surface area contributed by atoms with E-state index in [4.69, 9.17) is 14.2 Å². The first-order chi connectivity index (χ1) is 11.5. The molecule has 0 amide bonds. The molecule has 1 aliphatic rings. The highest BCUT2D eigenvalue weighted by atomic mass is 79.9. The predicted molar refractivity (Wildman–Crippen MR) is 93.3 cm³/mol. The van der Waals surface area contributed by atoms with Crippen molar-refractivity contribution in [2.45, 2.75) is 32.2 Å². The molecule has 128 valence electrons. The van der Waals surface area contributed by atoms with Gasteiger partial charge in [-0.1, -0.05) is 52.3 Å². The van der Waals surface area contributed by atoms with Crippen LogP contribution in [0.1, 0.15) is 19.4 Å². The molecule has 5 nitrogen and oxygen atoms in total. The molecule has 0 spiro atoms. The summed E-state index contributed by atoms with van der Waals surface area (Å²) < 4.78 is 17.0. The molecule has 0 aromatic heterocycles. The number of benzene rings is 1. The Balaban J connectivity index is 2.12. The molecule has 0 bridgehead atoms. The van der Waals surface area contributed by atoms with Crippen LogP contribution in [0, 0.1) is 0 Å². The zero-order valence-electron chi connectivity index (χ0n) is 13.5. The lowest BCUT2D eigenvalue weighted by molar-refractivity contribution is -0.161. The van der Waals surface area contributed by atoms with Crippen LogP contribution >= 0.6 is 15.9 Å². The summed E-state index contributed by atoms with van der Waals surface area (Å²) in [6.45, 7) is 2.67. The van der Waals surface area contributed by atoms with Crippen LogP contribution in [0.3, 0.4) is 0 Å². The molecule has 3 atom stereocenters. The molecule has 2 rings (SSSR count). The third-order valence-electron chi connectivity index (χ3n) is 3.30. The van der Waals surface area contributed by atoms with Gasteiger partial charge >= 0.3 is 11.9 Å². The Kier molecular flexibility index (Phi) is 6.75. The van der Waals surface area contributed by atoms with Crippen molar-refractivity contribution < 1.29 is 23.8 Å². The summed E-state index contributed by atoms with van der Waals surface area (Å²) in [7, 11) is 0. The maximum absolute atomic E-state index is 11.2. The molecule has 0 aliphatic carbocycles. The molecular weight excluding hydrogens is 376 g/mol. The Morgan fingerprint density at radius 1 is 1.17 bits per heavy atom. The van der Waals surface area contributed by atoms with E-state index in [1.165, 1.54) is 13.8 Å².